The van der Waals surface area contributed by atoms with Gasteiger partial charge in [0.05, 0.1) is 12.5 Å². The number of aryl methyl sites for hydroxylation is 2. The molecule has 0 aliphatic rings. The van der Waals surface area contributed by atoms with Crippen LogP contribution in [0.1, 0.15) is 27.0 Å². The lowest BCUT2D eigenvalue weighted by Crippen LogP contribution is -2.03. The molecule has 0 spiro atoms. The molecule has 1 heterocycles. The molecule has 2 nitrogen and oxygen atoms in total. The van der Waals surface area contributed by atoms with Crippen LogP contribution >= 0.6 is 0 Å². The van der Waals surface area contributed by atoms with Gasteiger partial charge >= 0.3 is 0 Å². The number of ketones is 1. The molecular formula is C14H14O2. The Morgan fingerprint density at radius 3 is 2.44 bits per heavy atom. The number of furan rings is 1. The predicted molar refractivity (Wildman–Crippen MR) is 62.7 cm³/mol. The summed E-state index contributed by atoms with van der Waals surface area (Å²) < 4.78 is 4.95. The van der Waals surface area contributed by atoms with Crippen molar-refractivity contribution in [1.82, 2.24) is 0 Å². The lowest BCUT2D eigenvalue weighted by atomic mass is 10.0. The second-order valence-electron chi connectivity index (χ2n) is 4.11. The van der Waals surface area contributed by atoms with Crippen LogP contribution in [0.25, 0.3) is 0 Å². The summed E-state index contributed by atoms with van der Waals surface area (Å²) in [5.74, 6) is 0.133. The van der Waals surface area contributed by atoms with Crippen LogP contribution in [-0.4, -0.2) is 5.78 Å². The highest BCUT2D eigenvalue weighted by Gasteiger charge is 2.08. The zero-order chi connectivity index (χ0) is 11.5. The van der Waals surface area contributed by atoms with E-state index in [1.807, 2.05) is 32.0 Å². The second kappa shape index (κ2) is 4.35. The highest BCUT2D eigenvalue weighted by molar-refractivity contribution is 5.97. The maximum absolute atomic E-state index is 12.0. The number of hydrogen-bond acceptors (Lipinski definition) is 2. The van der Waals surface area contributed by atoms with Crippen molar-refractivity contribution < 1.29 is 9.21 Å². The van der Waals surface area contributed by atoms with Crippen LogP contribution in [-0.2, 0) is 6.42 Å². The fourth-order valence-corrected chi connectivity index (χ4v) is 1.82. The van der Waals surface area contributed by atoms with E-state index >= 15 is 0 Å². The van der Waals surface area contributed by atoms with E-state index in [4.69, 9.17) is 4.42 Å². The van der Waals surface area contributed by atoms with Gasteiger partial charge in [0.15, 0.2) is 5.78 Å². The third-order valence-corrected chi connectivity index (χ3v) is 2.49. The van der Waals surface area contributed by atoms with Gasteiger partial charge in [-0.3, -0.25) is 4.79 Å². The molecule has 0 atom stereocenters. The zero-order valence-corrected chi connectivity index (χ0v) is 9.49. The summed E-state index contributed by atoms with van der Waals surface area (Å²) in [5.41, 5.74) is 3.94. The maximum atomic E-state index is 12.0. The van der Waals surface area contributed by atoms with Gasteiger partial charge in [-0.2, -0.15) is 0 Å². The number of rotatable bonds is 3. The fraction of sp³-hybridized carbons (Fsp3) is 0.214. The van der Waals surface area contributed by atoms with Crippen molar-refractivity contribution in [3.63, 3.8) is 0 Å². The van der Waals surface area contributed by atoms with Gasteiger partial charge in [0.2, 0.25) is 0 Å². The van der Waals surface area contributed by atoms with Gasteiger partial charge in [-0.1, -0.05) is 17.2 Å². The molecule has 2 aromatic rings. The standard InChI is InChI=1S/C14H14O2/c1-10-5-11(2)7-13(6-10)14(15)8-12-3-4-16-9-12/h3-7,9H,8H2,1-2H3. The minimum atomic E-state index is 0.133. The van der Waals surface area contributed by atoms with Gasteiger partial charge in [0, 0.05) is 12.0 Å². The van der Waals surface area contributed by atoms with Gasteiger partial charge in [-0.25, -0.2) is 0 Å². The highest BCUT2D eigenvalue weighted by Crippen LogP contribution is 2.12. The summed E-state index contributed by atoms with van der Waals surface area (Å²) in [7, 11) is 0. The third-order valence-electron chi connectivity index (χ3n) is 2.49. The Labute approximate surface area is 94.9 Å². The van der Waals surface area contributed by atoms with Gasteiger partial charge in [0.1, 0.15) is 0 Å². The summed E-state index contributed by atoms with van der Waals surface area (Å²) in [6.45, 7) is 4.00. The van der Waals surface area contributed by atoms with E-state index in [1.165, 1.54) is 0 Å². The summed E-state index contributed by atoms with van der Waals surface area (Å²) >= 11 is 0. The number of benzene rings is 1. The fourth-order valence-electron chi connectivity index (χ4n) is 1.82. The molecule has 2 heteroatoms. The molecule has 0 aliphatic heterocycles. The molecule has 0 radical (unpaired) electrons. The Morgan fingerprint density at radius 1 is 1.19 bits per heavy atom. The van der Waals surface area contributed by atoms with E-state index < -0.39 is 0 Å². The molecule has 0 unspecified atom stereocenters. The number of carbonyl (C=O) groups excluding carboxylic acids is 1. The van der Waals surface area contributed by atoms with Crippen molar-refractivity contribution in [1.29, 1.82) is 0 Å². The van der Waals surface area contributed by atoms with Crippen molar-refractivity contribution in [2.24, 2.45) is 0 Å². The first kappa shape index (κ1) is 10.7. The molecule has 0 N–H and O–H groups in total. The topological polar surface area (TPSA) is 30.2 Å². The molecule has 0 fully saturated rings. The Kier molecular flexibility index (Phi) is 2.91. The van der Waals surface area contributed by atoms with Crippen LogP contribution in [0.3, 0.4) is 0 Å². The molecule has 0 amide bonds. The minimum Gasteiger partial charge on any atom is -0.472 e. The van der Waals surface area contributed by atoms with Crippen LogP contribution in [0.2, 0.25) is 0 Å². The molecule has 0 saturated heterocycles. The van der Waals surface area contributed by atoms with Crippen LogP contribution in [0.5, 0.6) is 0 Å². The molecule has 2 rings (SSSR count). The molecule has 1 aromatic carbocycles. The Bertz CT molecular complexity index is 475. The number of hydrogen-bond donors (Lipinski definition) is 0. The Balaban J connectivity index is 2.21. The van der Waals surface area contributed by atoms with E-state index in [0.29, 0.717) is 6.42 Å². The largest absolute Gasteiger partial charge is 0.472 e. The second-order valence-corrected chi connectivity index (χ2v) is 4.11. The number of Topliss-reactive ketones (excluding diaryl/α,β-unsaturated/α-hetero) is 1. The quantitative estimate of drug-likeness (QED) is 0.734. The van der Waals surface area contributed by atoms with Crippen molar-refractivity contribution in [2.75, 3.05) is 0 Å². The lowest BCUT2D eigenvalue weighted by Gasteiger charge is -2.03. The summed E-state index contributed by atoms with van der Waals surface area (Å²) in [4.78, 5) is 12.0. The van der Waals surface area contributed by atoms with E-state index in [2.05, 4.69) is 6.07 Å². The zero-order valence-electron chi connectivity index (χ0n) is 9.49. The summed E-state index contributed by atoms with van der Waals surface area (Å²) in [6.07, 6.45) is 3.60. The normalized spacial score (nSPS) is 10.4. The van der Waals surface area contributed by atoms with Crippen molar-refractivity contribution in [3.05, 3.63) is 59.0 Å². The van der Waals surface area contributed by atoms with Crippen molar-refractivity contribution >= 4 is 5.78 Å². The Hall–Kier alpha value is -1.83. The van der Waals surface area contributed by atoms with Gasteiger partial charge in [0.25, 0.3) is 0 Å². The Morgan fingerprint density at radius 2 is 1.88 bits per heavy atom. The number of carbonyl (C=O) groups is 1. The van der Waals surface area contributed by atoms with E-state index in [0.717, 1.165) is 22.3 Å². The predicted octanol–water partition coefficient (Wildman–Crippen LogP) is 3.32. The van der Waals surface area contributed by atoms with E-state index in [-0.39, 0.29) is 5.78 Å². The highest BCUT2D eigenvalue weighted by atomic mass is 16.3. The summed E-state index contributed by atoms with van der Waals surface area (Å²) in [6, 6.07) is 7.74. The average molecular weight is 214 g/mol. The van der Waals surface area contributed by atoms with Crippen molar-refractivity contribution in [2.45, 2.75) is 20.3 Å². The maximum Gasteiger partial charge on any atom is 0.167 e. The molecule has 0 aliphatic carbocycles. The molecular weight excluding hydrogens is 200 g/mol. The van der Waals surface area contributed by atoms with Gasteiger partial charge in [-0.05, 0) is 37.6 Å². The van der Waals surface area contributed by atoms with E-state index in [1.54, 1.807) is 12.5 Å². The van der Waals surface area contributed by atoms with Gasteiger partial charge < -0.3 is 4.42 Å². The monoisotopic (exact) mass is 214 g/mol. The van der Waals surface area contributed by atoms with Crippen LogP contribution in [0.15, 0.2) is 41.2 Å². The van der Waals surface area contributed by atoms with Crippen molar-refractivity contribution in [3.8, 4) is 0 Å². The lowest BCUT2D eigenvalue weighted by molar-refractivity contribution is 0.0992. The van der Waals surface area contributed by atoms with Crippen LogP contribution in [0, 0.1) is 13.8 Å². The summed E-state index contributed by atoms with van der Waals surface area (Å²) in [5, 5.41) is 0. The molecule has 0 saturated carbocycles. The van der Waals surface area contributed by atoms with Gasteiger partial charge in [-0.15, -0.1) is 0 Å². The van der Waals surface area contributed by atoms with Crippen LogP contribution < -0.4 is 0 Å². The minimum absolute atomic E-state index is 0.133. The van der Waals surface area contributed by atoms with Crippen LogP contribution in [0.4, 0.5) is 0 Å². The van der Waals surface area contributed by atoms with E-state index in [9.17, 15) is 4.79 Å². The molecule has 82 valence electrons. The molecule has 0 bridgehead atoms. The smallest absolute Gasteiger partial charge is 0.167 e. The molecule has 16 heavy (non-hydrogen) atoms. The molecule has 1 aromatic heterocycles. The average Bonchev–Trinajstić information content (AvgIpc) is 2.68. The third kappa shape index (κ3) is 2.40. The first-order chi connectivity index (χ1) is 7.65. The first-order valence-electron chi connectivity index (χ1n) is 5.28. The first-order valence-corrected chi connectivity index (χ1v) is 5.28. The SMILES string of the molecule is Cc1cc(C)cc(C(=O)Cc2ccoc2)c1.